The smallest absolute Gasteiger partial charge is 0.321 e. The molecule has 0 aromatic heterocycles. The van der Waals surface area contributed by atoms with Gasteiger partial charge in [-0.1, -0.05) is 6.92 Å². The Morgan fingerprint density at radius 2 is 1.85 bits per heavy atom. The molecule has 0 spiro atoms. The van der Waals surface area contributed by atoms with E-state index in [1.165, 1.54) is 0 Å². The summed E-state index contributed by atoms with van der Waals surface area (Å²) in [5.74, 6) is 0.753. The third kappa shape index (κ3) is 4.36. The normalized spacial score (nSPS) is 21.6. The van der Waals surface area contributed by atoms with Crippen LogP contribution in [-0.2, 0) is 0 Å². The minimum atomic E-state index is -0.442. The van der Waals surface area contributed by atoms with Crippen LogP contribution in [0.15, 0.2) is 18.2 Å². The van der Waals surface area contributed by atoms with E-state index in [9.17, 15) is 14.7 Å². The van der Waals surface area contributed by atoms with E-state index in [-0.39, 0.29) is 11.9 Å². The number of carbonyl (C=O) groups excluding carboxylic acids is 2. The first-order valence-corrected chi connectivity index (χ1v) is 9.58. The minimum Gasteiger partial charge on any atom is -0.391 e. The number of piperidine rings is 2. The summed E-state index contributed by atoms with van der Waals surface area (Å²) in [6.45, 7) is 6.78. The van der Waals surface area contributed by atoms with E-state index in [4.69, 9.17) is 0 Å². The lowest BCUT2D eigenvalue weighted by Gasteiger charge is -2.31. The van der Waals surface area contributed by atoms with Crippen LogP contribution in [-0.4, -0.2) is 59.1 Å². The largest absolute Gasteiger partial charge is 0.391 e. The van der Waals surface area contributed by atoms with Crippen LogP contribution < -0.4 is 5.32 Å². The lowest BCUT2D eigenvalue weighted by molar-refractivity contribution is 0.0697. The summed E-state index contributed by atoms with van der Waals surface area (Å²) in [7, 11) is 0. The molecule has 1 aromatic rings. The summed E-state index contributed by atoms with van der Waals surface area (Å²) in [6, 6.07) is 5.23. The highest BCUT2D eigenvalue weighted by atomic mass is 16.3. The number of anilines is 1. The number of likely N-dealkylation sites (tertiary alicyclic amines) is 2. The molecule has 26 heavy (non-hydrogen) atoms. The third-order valence-corrected chi connectivity index (χ3v) is 5.47. The first-order valence-electron chi connectivity index (χ1n) is 9.58. The van der Waals surface area contributed by atoms with Gasteiger partial charge in [-0.05, 0) is 62.3 Å². The fourth-order valence-electron chi connectivity index (χ4n) is 3.66. The zero-order valence-electron chi connectivity index (χ0n) is 15.7. The summed E-state index contributed by atoms with van der Waals surface area (Å²) < 4.78 is 0. The van der Waals surface area contributed by atoms with E-state index >= 15 is 0 Å². The zero-order chi connectivity index (χ0) is 18.7. The van der Waals surface area contributed by atoms with E-state index in [0.29, 0.717) is 30.3 Å². The molecule has 0 aliphatic carbocycles. The van der Waals surface area contributed by atoms with Crippen LogP contribution in [0.25, 0.3) is 0 Å². The van der Waals surface area contributed by atoms with Gasteiger partial charge in [-0.25, -0.2) is 4.79 Å². The Hall–Kier alpha value is -2.08. The molecule has 2 heterocycles. The topological polar surface area (TPSA) is 72.9 Å². The molecule has 3 amide bonds. The van der Waals surface area contributed by atoms with Gasteiger partial charge in [0.15, 0.2) is 0 Å². The minimum absolute atomic E-state index is 0.0667. The maximum absolute atomic E-state index is 12.7. The van der Waals surface area contributed by atoms with Crippen molar-refractivity contribution < 1.29 is 14.7 Å². The Labute approximate surface area is 155 Å². The molecule has 0 radical (unpaired) electrons. The van der Waals surface area contributed by atoms with Gasteiger partial charge in [-0.2, -0.15) is 0 Å². The van der Waals surface area contributed by atoms with Gasteiger partial charge in [-0.3, -0.25) is 4.79 Å². The number of carbonyl (C=O) groups is 2. The van der Waals surface area contributed by atoms with Gasteiger partial charge in [0, 0.05) is 37.4 Å². The van der Waals surface area contributed by atoms with Crippen molar-refractivity contribution in [2.24, 2.45) is 5.92 Å². The lowest BCUT2D eigenvalue weighted by Crippen LogP contribution is -2.44. The number of hydrogen-bond acceptors (Lipinski definition) is 3. The predicted molar refractivity (Wildman–Crippen MR) is 101 cm³/mol. The summed E-state index contributed by atoms with van der Waals surface area (Å²) >= 11 is 0. The van der Waals surface area contributed by atoms with E-state index < -0.39 is 6.10 Å². The first kappa shape index (κ1) is 18.7. The molecular formula is C20H29N3O3. The quantitative estimate of drug-likeness (QED) is 0.853. The summed E-state index contributed by atoms with van der Waals surface area (Å²) in [4.78, 5) is 28.6. The Bertz CT molecular complexity index is 668. The molecule has 1 atom stereocenters. The Balaban J connectivity index is 1.63. The number of aliphatic hydroxyl groups excluding tert-OH is 1. The Morgan fingerprint density at radius 1 is 1.12 bits per heavy atom. The van der Waals surface area contributed by atoms with E-state index in [0.717, 1.165) is 44.3 Å². The van der Waals surface area contributed by atoms with Crippen LogP contribution in [0.1, 0.15) is 48.5 Å². The van der Waals surface area contributed by atoms with Crippen molar-refractivity contribution in [2.75, 3.05) is 31.5 Å². The Morgan fingerprint density at radius 3 is 2.50 bits per heavy atom. The molecule has 0 bridgehead atoms. The average Bonchev–Trinajstić information content (AvgIpc) is 2.63. The number of nitrogens with one attached hydrogen (secondary N) is 1. The molecule has 1 unspecified atom stereocenters. The maximum atomic E-state index is 12.7. The van der Waals surface area contributed by atoms with Gasteiger partial charge in [-0.15, -0.1) is 0 Å². The first-order chi connectivity index (χ1) is 12.4. The number of benzene rings is 1. The van der Waals surface area contributed by atoms with Gasteiger partial charge in [0.25, 0.3) is 5.91 Å². The average molecular weight is 359 g/mol. The molecule has 142 valence electrons. The summed E-state index contributed by atoms with van der Waals surface area (Å²) in [6.07, 6.45) is 3.23. The van der Waals surface area contributed by atoms with E-state index in [1.54, 1.807) is 17.0 Å². The zero-order valence-corrected chi connectivity index (χ0v) is 15.7. The number of hydrogen-bond donors (Lipinski definition) is 2. The highest BCUT2D eigenvalue weighted by Crippen LogP contribution is 2.22. The van der Waals surface area contributed by atoms with E-state index in [2.05, 4.69) is 12.2 Å². The number of amides is 3. The van der Waals surface area contributed by atoms with E-state index in [1.807, 2.05) is 17.9 Å². The second-order valence-electron chi connectivity index (χ2n) is 7.68. The van der Waals surface area contributed by atoms with Gasteiger partial charge in [0.05, 0.1) is 6.10 Å². The number of urea groups is 1. The number of aliphatic hydroxyl groups is 1. The van der Waals surface area contributed by atoms with Crippen molar-refractivity contribution in [3.05, 3.63) is 29.3 Å². The fourth-order valence-corrected chi connectivity index (χ4v) is 3.66. The highest BCUT2D eigenvalue weighted by Gasteiger charge is 2.24. The SMILES string of the molecule is Cc1cc(C(=O)N2CCC(C)CC2)ccc1NC(=O)N1CCCC(O)C1. The molecule has 2 saturated heterocycles. The second kappa shape index (κ2) is 8.08. The van der Waals surface area contributed by atoms with Gasteiger partial charge in [0.2, 0.25) is 0 Å². The highest BCUT2D eigenvalue weighted by molar-refractivity contribution is 5.96. The maximum Gasteiger partial charge on any atom is 0.321 e. The molecule has 2 N–H and O–H groups in total. The second-order valence-corrected chi connectivity index (χ2v) is 7.68. The van der Waals surface area contributed by atoms with Crippen molar-refractivity contribution >= 4 is 17.6 Å². The van der Waals surface area contributed by atoms with Crippen LogP contribution >= 0.6 is 0 Å². The summed E-state index contributed by atoms with van der Waals surface area (Å²) in [5.41, 5.74) is 2.24. The fraction of sp³-hybridized carbons (Fsp3) is 0.600. The van der Waals surface area contributed by atoms with Crippen molar-refractivity contribution in [3.63, 3.8) is 0 Å². The third-order valence-electron chi connectivity index (χ3n) is 5.47. The number of rotatable bonds is 2. The van der Waals surface area contributed by atoms with Gasteiger partial charge >= 0.3 is 6.03 Å². The number of aryl methyl sites for hydroxylation is 1. The van der Waals surface area contributed by atoms with Crippen molar-refractivity contribution in [1.29, 1.82) is 0 Å². The summed E-state index contributed by atoms with van der Waals surface area (Å²) in [5, 5.41) is 12.6. The standard InChI is InChI=1S/C20H29N3O3/c1-14-7-10-22(11-8-14)19(25)16-5-6-18(15(2)12-16)21-20(26)23-9-3-4-17(24)13-23/h5-6,12,14,17,24H,3-4,7-11,13H2,1-2H3,(H,21,26). The molecular weight excluding hydrogens is 330 g/mol. The van der Waals surface area contributed by atoms with Crippen molar-refractivity contribution in [2.45, 2.75) is 45.6 Å². The number of nitrogens with zero attached hydrogens (tertiary/aromatic N) is 2. The van der Waals surface area contributed by atoms with Crippen LogP contribution in [0, 0.1) is 12.8 Å². The molecule has 0 saturated carbocycles. The molecule has 1 aromatic carbocycles. The predicted octanol–water partition coefficient (Wildman–Crippen LogP) is 2.86. The van der Waals surface area contributed by atoms with Crippen LogP contribution in [0.3, 0.4) is 0 Å². The molecule has 2 aliphatic heterocycles. The molecule has 6 heteroatoms. The Kier molecular flexibility index (Phi) is 5.81. The van der Waals surface area contributed by atoms with Gasteiger partial charge < -0.3 is 20.2 Å². The molecule has 2 fully saturated rings. The monoisotopic (exact) mass is 359 g/mol. The van der Waals surface area contributed by atoms with Crippen LogP contribution in [0.5, 0.6) is 0 Å². The van der Waals surface area contributed by atoms with Crippen LogP contribution in [0.2, 0.25) is 0 Å². The lowest BCUT2D eigenvalue weighted by atomic mass is 9.98. The number of β-amino-alcohol motifs (C(OH)–C–C–N with tert-alkyl or cyclic N) is 1. The van der Waals surface area contributed by atoms with Crippen molar-refractivity contribution in [1.82, 2.24) is 9.80 Å². The van der Waals surface area contributed by atoms with Gasteiger partial charge in [0.1, 0.15) is 0 Å². The van der Waals surface area contributed by atoms with Crippen LogP contribution in [0.4, 0.5) is 10.5 Å². The molecule has 2 aliphatic rings. The molecule has 3 rings (SSSR count). The molecule has 6 nitrogen and oxygen atoms in total. The van der Waals surface area contributed by atoms with Crippen molar-refractivity contribution in [3.8, 4) is 0 Å².